The van der Waals surface area contributed by atoms with Gasteiger partial charge in [0.25, 0.3) is 0 Å². The fourth-order valence-electron chi connectivity index (χ4n) is 4.42. The first-order chi connectivity index (χ1) is 16.4. The molecule has 1 saturated heterocycles. The van der Waals surface area contributed by atoms with Crippen molar-refractivity contribution in [1.82, 2.24) is 4.98 Å². The number of rotatable bonds is 7. The van der Waals surface area contributed by atoms with Gasteiger partial charge in [-0.1, -0.05) is 30.3 Å². The Morgan fingerprint density at radius 3 is 2.59 bits per heavy atom. The van der Waals surface area contributed by atoms with Gasteiger partial charge in [-0.3, -0.25) is 0 Å². The number of benzene rings is 3. The number of carbonyl (C=O) groups excluding carboxylic acids is 1. The molecule has 0 aliphatic carbocycles. The van der Waals surface area contributed by atoms with Crippen molar-refractivity contribution in [2.24, 2.45) is 0 Å². The van der Waals surface area contributed by atoms with Crippen LogP contribution in [0.25, 0.3) is 32.4 Å². The number of nitrogens with one attached hydrogen (secondary N) is 1. The Morgan fingerprint density at radius 2 is 1.85 bits per heavy atom. The molecule has 1 aromatic heterocycles. The molecule has 5 rings (SSSR count). The van der Waals surface area contributed by atoms with E-state index < -0.39 is 36.7 Å². The van der Waals surface area contributed by atoms with Crippen LogP contribution in [-0.4, -0.2) is 75.3 Å². The lowest BCUT2D eigenvalue weighted by Gasteiger charge is -2.23. The van der Waals surface area contributed by atoms with Gasteiger partial charge in [-0.2, -0.15) is 0 Å². The summed E-state index contributed by atoms with van der Waals surface area (Å²) < 4.78 is 16.5. The van der Waals surface area contributed by atoms with Crippen LogP contribution in [0.3, 0.4) is 0 Å². The first-order valence-corrected chi connectivity index (χ1v) is 11.0. The van der Waals surface area contributed by atoms with Crippen LogP contribution in [0, 0.1) is 0 Å². The minimum absolute atomic E-state index is 0.0116. The second-order valence-corrected chi connectivity index (χ2v) is 8.38. The number of aromatic amines is 1. The molecule has 0 bridgehead atoms. The fourth-order valence-corrected chi connectivity index (χ4v) is 4.42. The van der Waals surface area contributed by atoms with Crippen molar-refractivity contribution in [3.63, 3.8) is 0 Å². The third-order valence-corrected chi connectivity index (χ3v) is 6.18. The predicted octanol–water partition coefficient (Wildman–Crippen LogP) is 1.59. The predicted molar refractivity (Wildman–Crippen MR) is 123 cm³/mol. The Kier molecular flexibility index (Phi) is 5.98. The smallest absolute Gasteiger partial charge is 0.343 e. The van der Waals surface area contributed by atoms with E-state index in [0.29, 0.717) is 5.39 Å². The van der Waals surface area contributed by atoms with E-state index in [4.69, 9.17) is 19.3 Å². The van der Waals surface area contributed by atoms with Gasteiger partial charge in [0.2, 0.25) is 5.79 Å². The van der Waals surface area contributed by atoms with Crippen molar-refractivity contribution < 1.29 is 39.4 Å². The topological polar surface area (TPSA) is 141 Å². The maximum atomic E-state index is 13.1. The molecule has 1 aliphatic heterocycles. The number of aliphatic hydroxyl groups is 4. The highest BCUT2D eigenvalue weighted by Gasteiger charge is 2.57. The van der Waals surface area contributed by atoms with E-state index in [2.05, 4.69) is 11.1 Å². The van der Waals surface area contributed by atoms with Crippen LogP contribution in [0.2, 0.25) is 0 Å². The highest BCUT2D eigenvalue weighted by molar-refractivity contribution is 6.14. The van der Waals surface area contributed by atoms with Gasteiger partial charge in [-0.25, -0.2) is 4.79 Å². The average molecular weight is 467 g/mol. The molecule has 178 valence electrons. The lowest BCUT2D eigenvalue weighted by molar-refractivity contribution is -0.246. The summed E-state index contributed by atoms with van der Waals surface area (Å²) in [5, 5.41) is 44.0. The van der Waals surface area contributed by atoms with Gasteiger partial charge in [-0.15, -0.1) is 0 Å². The maximum Gasteiger partial charge on any atom is 0.343 e. The van der Waals surface area contributed by atoms with E-state index in [-0.39, 0.29) is 25.4 Å². The van der Waals surface area contributed by atoms with Crippen LogP contribution in [-0.2, 0) is 14.3 Å². The largest absolute Gasteiger partial charge is 0.422 e. The summed E-state index contributed by atoms with van der Waals surface area (Å²) in [4.78, 5) is 16.2. The second-order valence-electron chi connectivity index (χ2n) is 8.38. The number of H-pyrrole nitrogens is 1. The number of aromatic nitrogens is 1. The molecule has 0 radical (unpaired) electrons. The lowest BCUT2D eigenvalue weighted by atomic mass is 10.0. The number of aliphatic hydroxyl groups excluding tert-OH is 3. The van der Waals surface area contributed by atoms with Gasteiger partial charge in [0, 0.05) is 24.9 Å². The second kappa shape index (κ2) is 8.95. The zero-order chi connectivity index (χ0) is 23.9. The third kappa shape index (κ3) is 3.82. The highest BCUT2D eigenvalue weighted by Crippen LogP contribution is 2.37. The fraction of sp³-hybridized carbons (Fsp3) is 0.320. The normalized spacial score (nSPS) is 24.9. The molecule has 9 heteroatoms. The summed E-state index contributed by atoms with van der Waals surface area (Å²) >= 11 is 0. The van der Waals surface area contributed by atoms with Crippen molar-refractivity contribution in [3.8, 4) is 5.75 Å². The summed E-state index contributed by atoms with van der Waals surface area (Å²) in [6.45, 7) is -1.08. The third-order valence-electron chi connectivity index (χ3n) is 6.18. The van der Waals surface area contributed by atoms with Gasteiger partial charge >= 0.3 is 5.97 Å². The van der Waals surface area contributed by atoms with Crippen molar-refractivity contribution in [2.45, 2.75) is 30.5 Å². The number of carbonyl (C=O) groups is 1. The standard InChI is InChI=1S/C25H25NO8/c27-8-3-9-32-21-22(34-25(31,13-28)23(21)29)24(30)33-19-12-26-18-7-6-16-10-14-4-1-2-5-15(14)11-17(16)20(18)19/h1-2,4-7,10-12,21-23,26-29,31H,3,8-9,13H2/t21-,22+,23+,25-/m0/s1. The van der Waals surface area contributed by atoms with Crippen LogP contribution >= 0.6 is 0 Å². The van der Waals surface area contributed by atoms with Crippen LogP contribution < -0.4 is 4.74 Å². The number of ether oxygens (including phenoxy) is 3. The van der Waals surface area contributed by atoms with Gasteiger partial charge in [0.15, 0.2) is 11.9 Å². The number of esters is 1. The van der Waals surface area contributed by atoms with E-state index in [1.54, 1.807) is 6.20 Å². The quantitative estimate of drug-likeness (QED) is 0.157. The van der Waals surface area contributed by atoms with Gasteiger partial charge < -0.3 is 39.6 Å². The summed E-state index contributed by atoms with van der Waals surface area (Å²) in [6, 6.07) is 15.9. The first kappa shape index (κ1) is 22.7. The van der Waals surface area contributed by atoms with Gasteiger partial charge in [-0.05, 0) is 46.2 Å². The molecular formula is C25H25NO8. The zero-order valence-corrected chi connectivity index (χ0v) is 18.2. The highest BCUT2D eigenvalue weighted by atomic mass is 16.7. The van der Waals surface area contributed by atoms with Crippen molar-refractivity contribution in [3.05, 3.63) is 54.7 Å². The summed E-state index contributed by atoms with van der Waals surface area (Å²) in [5.74, 6) is -3.01. The number of hydrogen-bond donors (Lipinski definition) is 5. The van der Waals surface area contributed by atoms with E-state index in [1.807, 2.05) is 42.5 Å². The van der Waals surface area contributed by atoms with E-state index in [9.17, 15) is 20.1 Å². The van der Waals surface area contributed by atoms with Crippen molar-refractivity contribution in [2.75, 3.05) is 19.8 Å². The summed E-state index contributed by atoms with van der Waals surface area (Å²) in [7, 11) is 0. The van der Waals surface area contributed by atoms with Crippen molar-refractivity contribution in [1.29, 1.82) is 0 Å². The molecule has 4 aromatic rings. The SMILES string of the molecule is O=C(Oc1c[nH]c2ccc3cc4ccccc4cc3c12)[C@@H]1O[C@@](O)(CO)[C@H](O)[C@H]1OCCCO. The average Bonchev–Trinajstić information content (AvgIpc) is 3.37. The molecule has 0 unspecified atom stereocenters. The molecule has 0 saturated carbocycles. The summed E-state index contributed by atoms with van der Waals surface area (Å²) in [5.41, 5.74) is 0.764. The lowest BCUT2D eigenvalue weighted by Crippen LogP contribution is -2.47. The van der Waals surface area contributed by atoms with Crippen LogP contribution in [0.15, 0.2) is 54.7 Å². The van der Waals surface area contributed by atoms with E-state index in [0.717, 1.165) is 27.1 Å². The number of fused-ring (bicyclic) bond motifs is 4. The minimum atomic E-state index is -2.38. The molecule has 0 spiro atoms. The zero-order valence-electron chi connectivity index (χ0n) is 18.2. The monoisotopic (exact) mass is 467 g/mol. The summed E-state index contributed by atoms with van der Waals surface area (Å²) in [6.07, 6.45) is -2.66. The Balaban J connectivity index is 1.50. The molecule has 0 amide bonds. The van der Waals surface area contributed by atoms with Crippen LogP contribution in [0.1, 0.15) is 6.42 Å². The van der Waals surface area contributed by atoms with Crippen LogP contribution in [0.5, 0.6) is 5.75 Å². The number of hydrogen-bond acceptors (Lipinski definition) is 8. The molecule has 5 N–H and O–H groups in total. The van der Waals surface area contributed by atoms with E-state index >= 15 is 0 Å². The maximum absolute atomic E-state index is 13.1. The Morgan fingerprint density at radius 1 is 1.09 bits per heavy atom. The van der Waals surface area contributed by atoms with Crippen LogP contribution in [0.4, 0.5) is 0 Å². The molecule has 9 nitrogen and oxygen atoms in total. The molecule has 3 aromatic carbocycles. The molecule has 1 fully saturated rings. The Hall–Kier alpha value is -3.05. The first-order valence-electron chi connectivity index (χ1n) is 11.0. The molecule has 2 heterocycles. The van der Waals surface area contributed by atoms with E-state index in [1.165, 1.54) is 0 Å². The molecule has 1 aliphatic rings. The van der Waals surface area contributed by atoms with Gasteiger partial charge in [0.1, 0.15) is 12.2 Å². The Bertz CT molecular complexity index is 1350. The molecule has 4 atom stereocenters. The van der Waals surface area contributed by atoms with Gasteiger partial charge in [0.05, 0.1) is 12.0 Å². The van der Waals surface area contributed by atoms with Crippen molar-refractivity contribution >= 4 is 38.4 Å². The minimum Gasteiger partial charge on any atom is -0.422 e. The molecular weight excluding hydrogens is 442 g/mol. The Labute approximate surface area is 194 Å². The molecule has 34 heavy (non-hydrogen) atoms.